The Morgan fingerprint density at radius 1 is 0.862 bits per heavy atom. The van der Waals surface area contributed by atoms with Gasteiger partial charge in [-0.05, 0) is 35.4 Å². The van der Waals surface area contributed by atoms with Gasteiger partial charge < -0.3 is 10.3 Å². The summed E-state index contributed by atoms with van der Waals surface area (Å²) in [5.74, 6) is 0. The predicted octanol–water partition coefficient (Wildman–Crippen LogP) is 6.75. The van der Waals surface area contributed by atoms with Crippen molar-refractivity contribution in [3.63, 3.8) is 0 Å². The quantitative estimate of drug-likeness (QED) is 0.325. The molecule has 2 N–H and O–H groups in total. The van der Waals surface area contributed by atoms with Crippen LogP contribution in [0.3, 0.4) is 0 Å². The fourth-order valence-electron chi connectivity index (χ4n) is 4.30. The molecule has 3 aromatic carbocycles. The molecule has 0 fully saturated rings. The Hall–Kier alpha value is -2.73. The lowest BCUT2D eigenvalue weighted by atomic mass is 9.80. The molecule has 0 radical (unpaired) electrons. The van der Waals surface area contributed by atoms with Gasteiger partial charge >= 0.3 is 6.18 Å². The molecule has 1 atom stereocenters. The van der Waals surface area contributed by atoms with Crippen LogP contribution in [0.15, 0.2) is 77.3 Å². The van der Waals surface area contributed by atoms with Crippen molar-refractivity contribution in [1.82, 2.24) is 4.98 Å². The zero-order chi connectivity index (χ0) is 20.2. The van der Waals surface area contributed by atoms with Gasteiger partial charge in [0.2, 0.25) is 0 Å². The van der Waals surface area contributed by atoms with Crippen LogP contribution in [0.5, 0.6) is 0 Å². The first-order chi connectivity index (χ1) is 13.9. The molecule has 2 nitrogen and oxygen atoms in total. The molecule has 0 amide bonds. The summed E-state index contributed by atoms with van der Waals surface area (Å²) in [6, 6.07) is 20.7. The lowest BCUT2D eigenvalue weighted by Gasteiger charge is -2.38. The molecule has 0 saturated carbocycles. The summed E-state index contributed by atoms with van der Waals surface area (Å²) in [6.45, 7) is 0. The van der Waals surface area contributed by atoms with E-state index in [2.05, 4.69) is 26.2 Å². The minimum atomic E-state index is -4.59. The molecule has 0 saturated heterocycles. The molecular formula is C23H16BrF3N2. The molecule has 0 spiro atoms. The van der Waals surface area contributed by atoms with Crippen molar-refractivity contribution in [2.45, 2.75) is 18.1 Å². The number of alkyl halides is 3. The van der Waals surface area contributed by atoms with Crippen LogP contribution in [0, 0.1) is 0 Å². The fraction of sp³-hybridized carbons (Fsp3) is 0.130. The van der Waals surface area contributed by atoms with Gasteiger partial charge in [0.05, 0.1) is 0 Å². The van der Waals surface area contributed by atoms with Gasteiger partial charge in [-0.25, -0.2) is 0 Å². The molecule has 1 aliphatic heterocycles. The first-order valence-electron chi connectivity index (χ1n) is 9.19. The smallest absolute Gasteiger partial charge is 0.364 e. The molecule has 2 heterocycles. The van der Waals surface area contributed by atoms with Crippen molar-refractivity contribution >= 4 is 32.5 Å². The Balaban J connectivity index is 1.93. The second kappa shape index (κ2) is 6.39. The number of aromatic nitrogens is 1. The van der Waals surface area contributed by atoms with Gasteiger partial charge in [0, 0.05) is 38.7 Å². The van der Waals surface area contributed by atoms with Gasteiger partial charge in [0.15, 0.2) is 5.54 Å². The van der Waals surface area contributed by atoms with Gasteiger partial charge in [0.1, 0.15) is 0 Å². The second-order valence-corrected chi connectivity index (χ2v) is 8.15. The number of para-hydroxylation sites is 2. The molecule has 6 heteroatoms. The summed E-state index contributed by atoms with van der Waals surface area (Å²) in [5, 5.41) is 3.50. The van der Waals surface area contributed by atoms with E-state index >= 15 is 13.2 Å². The highest BCUT2D eigenvalue weighted by Gasteiger charge is 2.60. The van der Waals surface area contributed by atoms with Crippen LogP contribution in [-0.4, -0.2) is 11.2 Å². The van der Waals surface area contributed by atoms with Gasteiger partial charge in [-0.3, -0.25) is 0 Å². The number of nitrogens with one attached hydrogen (secondary N) is 2. The molecule has 4 aromatic rings. The first kappa shape index (κ1) is 18.3. The highest BCUT2D eigenvalue weighted by Crippen LogP contribution is 2.52. The van der Waals surface area contributed by atoms with E-state index in [0.717, 1.165) is 10.0 Å². The van der Waals surface area contributed by atoms with Gasteiger partial charge in [-0.2, -0.15) is 13.2 Å². The Morgan fingerprint density at radius 3 is 2.31 bits per heavy atom. The number of anilines is 1. The van der Waals surface area contributed by atoms with Crippen LogP contribution < -0.4 is 5.32 Å². The SMILES string of the molecule is FC(F)(F)[C@@]1(c2ccc(Br)cc2)Nc2ccccc2Cc2[nH]c3ccccc3c21. The number of hydrogen-bond acceptors (Lipinski definition) is 1. The number of aromatic amines is 1. The average molecular weight is 457 g/mol. The number of fused-ring (bicyclic) bond motifs is 4. The topological polar surface area (TPSA) is 27.8 Å². The van der Waals surface area contributed by atoms with Crippen LogP contribution in [0.4, 0.5) is 18.9 Å². The van der Waals surface area contributed by atoms with E-state index in [4.69, 9.17) is 0 Å². The van der Waals surface area contributed by atoms with Gasteiger partial charge in [0.25, 0.3) is 0 Å². The molecule has 0 bridgehead atoms. The summed E-state index contributed by atoms with van der Waals surface area (Å²) < 4.78 is 45.9. The zero-order valence-electron chi connectivity index (χ0n) is 15.1. The maximum Gasteiger partial charge on any atom is 0.420 e. The van der Waals surface area contributed by atoms with E-state index in [0.29, 0.717) is 28.7 Å². The van der Waals surface area contributed by atoms with Crippen LogP contribution >= 0.6 is 15.9 Å². The Labute approximate surface area is 173 Å². The molecule has 1 aliphatic rings. The van der Waals surface area contributed by atoms with E-state index in [1.165, 1.54) is 12.1 Å². The minimum absolute atomic E-state index is 0.149. The second-order valence-electron chi connectivity index (χ2n) is 7.24. The third kappa shape index (κ3) is 2.69. The van der Waals surface area contributed by atoms with Crippen molar-refractivity contribution in [3.05, 3.63) is 99.7 Å². The van der Waals surface area contributed by atoms with E-state index in [1.807, 2.05) is 24.3 Å². The van der Waals surface area contributed by atoms with E-state index in [-0.39, 0.29) is 11.1 Å². The Bertz CT molecular complexity index is 1210. The Morgan fingerprint density at radius 2 is 1.55 bits per heavy atom. The monoisotopic (exact) mass is 456 g/mol. The molecule has 0 aliphatic carbocycles. The zero-order valence-corrected chi connectivity index (χ0v) is 16.7. The minimum Gasteiger partial charge on any atom is -0.364 e. The van der Waals surface area contributed by atoms with Crippen LogP contribution in [0.25, 0.3) is 10.9 Å². The first-order valence-corrected chi connectivity index (χ1v) is 9.98. The Kier molecular flexibility index (Phi) is 4.03. The van der Waals surface area contributed by atoms with Crippen LogP contribution in [0.2, 0.25) is 0 Å². The van der Waals surface area contributed by atoms with Crippen molar-refractivity contribution in [2.24, 2.45) is 0 Å². The van der Waals surface area contributed by atoms with Crippen LogP contribution in [0.1, 0.15) is 22.4 Å². The third-order valence-electron chi connectivity index (χ3n) is 5.57. The third-order valence-corrected chi connectivity index (χ3v) is 6.10. The highest BCUT2D eigenvalue weighted by molar-refractivity contribution is 9.10. The van der Waals surface area contributed by atoms with Gasteiger partial charge in [-0.1, -0.05) is 64.5 Å². The van der Waals surface area contributed by atoms with E-state index in [9.17, 15) is 0 Å². The maximum absolute atomic E-state index is 15.1. The standard InChI is InChI=1S/C23H16BrF3N2/c24-16-11-9-15(10-12-16)22(23(25,26)27)21-17-6-2-4-8-19(17)28-20(21)13-14-5-1-3-7-18(14)29-22/h1-12,28-29H,13H2/t22-/m0/s1. The largest absolute Gasteiger partial charge is 0.420 e. The molecule has 1 aromatic heterocycles. The number of benzene rings is 3. The lowest BCUT2D eigenvalue weighted by Crippen LogP contribution is -2.50. The van der Waals surface area contributed by atoms with Crippen molar-refractivity contribution in [2.75, 3.05) is 5.32 Å². The van der Waals surface area contributed by atoms with Crippen molar-refractivity contribution < 1.29 is 13.2 Å². The van der Waals surface area contributed by atoms with Crippen molar-refractivity contribution in [1.29, 1.82) is 0 Å². The summed E-state index contributed by atoms with van der Waals surface area (Å²) in [6.07, 6.45) is -4.19. The summed E-state index contributed by atoms with van der Waals surface area (Å²) in [7, 11) is 0. The maximum atomic E-state index is 15.1. The number of H-pyrrole nitrogens is 1. The molecule has 146 valence electrons. The normalized spacial score (nSPS) is 18.6. The van der Waals surface area contributed by atoms with Gasteiger partial charge in [-0.15, -0.1) is 0 Å². The predicted molar refractivity (Wildman–Crippen MR) is 112 cm³/mol. The van der Waals surface area contributed by atoms with E-state index in [1.54, 1.807) is 36.4 Å². The molecular weight excluding hydrogens is 441 g/mol. The number of rotatable bonds is 1. The molecule has 5 rings (SSSR count). The lowest BCUT2D eigenvalue weighted by molar-refractivity contribution is -0.169. The van der Waals surface area contributed by atoms with Crippen molar-refractivity contribution in [3.8, 4) is 0 Å². The summed E-state index contributed by atoms with van der Waals surface area (Å²) in [5.41, 5.74) is 0.586. The van der Waals surface area contributed by atoms with E-state index < -0.39 is 11.7 Å². The van der Waals surface area contributed by atoms with Crippen LogP contribution in [-0.2, 0) is 12.0 Å². The summed E-state index contributed by atoms with van der Waals surface area (Å²) >= 11 is 3.33. The number of halogens is 4. The average Bonchev–Trinajstić information content (AvgIpc) is 2.97. The summed E-state index contributed by atoms with van der Waals surface area (Å²) in [4.78, 5) is 3.26. The fourth-order valence-corrected chi connectivity index (χ4v) is 4.57. The molecule has 29 heavy (non-hydrogen) atoms. The number of hydrogen-bond donors (Lipinski definition) is 2. The molecule has 0 unspecified atom stereocenters. The highest BCUT2D eigenvalue weighted by atomic mass is 79.9.